The molecule has 0 bridgehead atoms. The van der Waals surface area contributed by atoms with Gasteiger partial charge in [-0.3, -0.25) is 4.79 Å². The summed E-state index contributed by atoms with van der Waals surface area (Å²) >= 11 is 1.72. The van der Waals surface area contributed by atoms with Gasteiger partial charge in [0.05, 0.1) is 5.60 Å². The van der Waals surface area contributed by atoms with Crippen LogP contribution in [0.1, 0.15) is 43.4 Å². The molecular weight excluding hydrogens is 270 g/mol. The highest BCUT2D eigenvalue weighted by Gasteiger charge is 2.43. The lowest BCUT2D eigenvalue weighted by Crippen LogP contribution is -2.54. The third kappa shape index (κ3) is 2.91. The topological polar surface area (TPSA) is 40.5 Å². The average Bonchev–Trinajstić information content (AvgIpc) is 2.97. The average molecular weight is 293 g/mol. The minimum absolute atomic E-state index is 0.256. The van der Waals surface area contributed by atoms with Crippen LogP contribution in [0.2, 0.25) is 0 Å². The van der Waals surface area contributed by atoms with Crippen LogP contribution in [-0.2, 0) is 11.2 Å². The third-order valence-electron chi connectivity index (χ3n) is 4.95. The van der Waals surface area contributed by atoms with E-state index in [2.05, 4.69) is 11.4 Å². The standard InChI is InChI=1S/C16H23NO2S/c18-15(7-6-14-5-3-11-20-14)17-10-9-16(19)8-2-1-4-13(16)12-17/h3,5,11,13,19H,1-2,4,6-10,12H2. The Morgan fingerprint density at radius 1 is 1.45 bits per heavy atom. The molecule has 110 valence electrons. The molecule has 0 spiro atoms. The molecule has 1 amide bonds. The maximum Gasteiger partial charge on any atom is 0.222 e. The lowest BCUT2D eigenvalue weighted by Gasteiger charge is -2.47. The van der Waals surface area contributed by atoms with Crippen molar-refractivity contribution in [3.05, 3.63) is 22.4 Å². The molecule has 2 aliphatic rings. The molecule has 1 aliphatic carbocycles. The molecule has 3 rings (SSSR count). The first-order valence-corrected chi connectivity index (χ1v) is 8.58. The fourth-order valence-corrected chi connectivity index (χ4v) is 4.35. The van der Waals surface area contributed by atoms with Crippen LogP contribution in [0.5, 0.6) is 0 Å². The molecule has 1 aromatic rings. The highest BCUT2D eigenvalue weighted by atomic mass is 32.1. The van der Waals surface area contributed by atoms with E-state index in [0.29, 0.717) is 12.3 Å². The molecule has 4 heteroatoms. The minimum atomic E-state index is -0.483. The number of aliphatic hydroxyl groups is 1. The highest BCUT2D eigenvalue weighted by Crippen LogP contribution is 2.39. The smallest absolute Gasteiger partial charge is 0.222 e. The molecule has 2 atom stereocenters. The van der Waals surface area contributed by atoms with Crippen molar-refractivity contribution < 1.29 is 9.90 Å². The van der Waals surface area contributed by atoms with Crippen LogP contribution >= 0.6 is 11.3 Å². The SMILES string of the molecule is O=C(CCc1cccs1)N1CCC2(O)CCCCC2C1. The van der Waals surface area contributed by atoms with E-state index in [1.807, 2.05) is 11.0 Å². The van der Waals surface area contributed by atoms with Crippen LogP contribution in [0.15, 0.2) is 17.5 Å². The predicted octanol–water partition coefficient (Wildman–Crippen LogP) is 2.83. The number of carbonyl (C=O) groups is 1. The first-order valence-electron chi connectivity index (χ1n) is 7.70. The summed E-state index contributed by atoms with van der Waals surface area (Å²) in [7, 11) is 0. The summed E-state index contributed by atoms with van der Waals surface area (Å²) in [5.41, 5.74) is -0.483. The van der Waals surface area contributed by atoms with Gasteiger partial charge < -0.3 is 10.0 Å². The molecule has 1 saturated carbocycles. The van der Waals surface area contributed by atoms with Crippen molar-refractivity contribution in [2.75, 3.05) is 13.1 Å². The summed E-state index contributed by atoms with van der Waals surface area (Å²) in [5.74, 6) is 0.557. The van der Waals surface area contributed by atoms with Crippen LogP contribution in [0.25, 0.3) is 0 Å². The zero-order valence-corrected chi connectivity index (χ0v) is 12.7. The number of likely N-dealkylation sites (tertiary alicyclic amines) is 1. The van der Waals surface area contributed by atoms with Gasteiger partial charge in [0, 0.05) is 30.3 Å². The Hall–Kier alpha value is -0.870. The molecule has 3 nitrogen and oxygen atoms in total. The number of hydrogen-bond acceptors (Lipinski definition) is 3. The third-order valence-corrected chi connectivity index (χ3v) is 5.88. The Labute approximate surface area is 124 Å². The van der Waals surface area contributed by atoms with Crippen LogP contribution in [0.4, 0.5) is 0 Å². The number of fused-ring (bicyclic) bond motifs is 1. The monoisotopic (exact) mass is 293 g/mol. The first kappa shape index (κ1) is 14.1. The van der Waals surface area contributed by atoms with Crippen molar-refractivity contribution in [3.8, 4) is 0 Å². The van der Waals surface area contributed by atoms with Gasteiger partial charge in [-0.2, -0.15) is 0 Å². The lowest BCUT2D eigenvalue weighted by atomic mass is 9.71. The van der Waals surface area contributed by atoms with Gasteiger partial charge in [-0.1, -0.05) is 18.9 Å². The minimum Gasteiger partial charge on any atom is -0.389 e. The molecule has 0 radical (unpaired) electrons. The fraction of sp³-hybridized carbons (Fsp3) is 0.688. The van der Waals surface area contributed by atoms with Crippen molar-refractivity contribution in [1.82, 2.24) is 4.90 Å². The Kier molecular flexibility index (Phi) is 4.13. The second-order valence-electron chi connectivity index (χ2n) is 6.22. The van der Waals surface area contributed by atoms with Crippen molar-refractivity contribution in [2.24, 2.45) is 5.92 Å². The Balaban J connectivity index is 1.54. The zero-order chi connectivity index (χ0) is 14.0. The van der Waals surface area contributed by atoms with Gasteiger partial charge >= 0.3 is 0 Å². The summed E-state index contributed by atoms with van der Waals surface area (Å²) in [6.07, 6.45) is 6.56. The largest absolute Gasteiger partial charge is 0.389 e. The van der Waals surface area contributed by atoms with E-state index in [1.165, 1.54) is 11.3 Å². The predicted molar refractivity (Wildman–Crippen MR) is 80.7 cm³/mol. The number of aryl methyl sites for hydroxylation is 1. The zero-order valence-electron chi connectivity index (χ0n) is 11.9. The van der Waals surface area contributed by atoms with E-state index < -0.39 is 5.60 Å². The molecule has 2 unspecified atom stereocenters. The molecule has 20 heavy (non-hydrogen) atoms. The number of amides is 1. The van der Waals surface area contributed by atoms with E-state index in [4.69, 9.17) is 0 Å². The maximum absolute atomic E-state index is 12.3. The molecule has 1 aliphatic heterocycles. The van der Waals surface area contributed by atoms with Crippen LogP contribution in [-0.4, -0.2) is 34.6 Å². The number of thiophene rings is 1. The summed E-state index contributed by atoms with van der Waals surface area (Å²) in [6.45, 7) is 1.50. The molecular formula is C16H23NO2S. The van der Waals surface area contributed by atoms with Crippen LogP contribution in [0, 0.1) is 5.92 Å². The number of rotatable bonds is 3. The molecule has 2 fully saturated rings. The Morgan fingerprint density at radius 3 is 3.15 bits per heavy atom. The number of carbonyl (C=O) groups excluding carboxylic acids is 1. The Morgan fingerprint density at radius 2 is 2.35 bits per heavy atom. The number of nitrogens with zero attached hydrogens (tertiary/aromatic N) is 1. The van der Waals surface area contributed by atoms with Crippen molar-refractivity contribution in [3.63, 3.8) is 0 Å². The van der Waals surface area contributed by atoms with Crippen LogP contribution in [0.3, 0.4) is 0 Å². The van der Waals surface area contributed by atoms with Gasteiger partial charge in [0.1, 0.15) is 0 Å². The number of hydrogen-bond donors (Lipinski definition) is 1. The highest BCUT2D eigenvalue weighted by molar-refractivity contribution is 7.09. The van der Waals surface area contributed by atoms with E-state index in [0.717, 1.165) is 45.2 Å². The van der Waals surface area contributed by atoms with Crippen LogP contribution < -0.4 is 0 Å². The van der Waals surface area contributed by atoms with Gasteiger partial charge in [0.2, 0.25) is 5.91 Å². The molecule has 1 N–H and O–H groups in total. The van der Waals surface area contributed by atoms with Gasteiger partial charge in [0.15, 0.2) is 0 Å². The van der Waals surface area contributed by atoms with Crippen molar-refractivity contribution in [2.45, 2.75) is 50.5 Å². The summed E-state index contributed by atoms with van der Waals surface area (Å²) in [4.78, 5) is 15.6. The molecule has 1 saturated heterocycles. The quantitative estimate of drug-likeness (QED) is 0.931. The van der Waals surface area contributed by atoms with Crippen molar-refractivity contribution >= 4 is 17.2 Å². The van der Waals surface area contributed by atoms with Gasteiger partial charge in [-0.25, -0.2) is 0 Å². The summed E-state index contributed by atoms with van der Waals surface area (Å²) < 4.78 is 0. The van der Waals surface area contributed by atoms with Crippen molar-refractivity contribution in [1.29, 1.82) is 0 Å². The molecule has 2 heterocycles. The lowest BCUT2D eigenvalue weighted by molar-refractivity contribution is -0.143. The fourth-order valence-electron chi connectivity index (χ4n) is 3.64. The van der Waals surface area contributed by atoms with Gasteiger partial charge in [-0.05, 0) is 37.1 Å². The van der Waals surface area contributed by atoms with Gasteiger partial charge in [0.25, 0.3) is 0 Å². The molecule has 1 aromatic heterocycles. The van der Waals surface area contributed by atoms with E-state index in [-0.39, 0.29) is 5.91 Å². The van der Waals surface area contributed by atoms with Gasteiger partial charge in [-0.15, -0.1) is 11.3 Å². The van der Waals surface area contributed by atoms with E-state index >= 15 is 0 Å². The Bertz CT molecular complexity index is 459. The normalized spacial score (nSPS) is 30.1. The van der Waals surface area contributed by atoms with E-state index in [1.54, 1.807) is 11.3 Å². The summed E-state index contributed by atoms with van der Waals surface area (Å²) in [5, 5.41) is 12.7. The number of piperidine rings is 1. The second-order valence-corrected chi connectivity index (χ2v) is 7.25. The second kappa shape index (κ2) is 5.86. The molecule has 0 aromatic carbocycles. The maximum atomic E-state index is 12.3. The summed E-state index contributed by atoms with van der Waals surface area (Å²) in [6, 6.07) is 4.13. The van der Waals surface area contributed by atoms with E-state index in [9.17, 15) is 9.90 Å². The first-order chi connectivity index (χ1) is 9.67.